The summed E-state index contributed by atoms with van der Waals surface area (Å²) in [6.07, 6.45) is -0.407. The number of esters is 1. The van der Waals surface area contributed by atoms with E-state index in [0.717, 1.165) is 5.39 Å². The molecule has 0 bridgehead atoms. The molecular formula is C21H20N2O8. The SMILES string of the molecule is CCOc1ccc2ccccc2c1C(=O)N[C@H]1CON(C2(C(=O)O)CCC(=O)O2)C1=O. The molecule has 4 rings (SSSR count). The number of carboxylic acid groups (broad SMARTS) is 1. The van der Waals surface area contributed by atoms with Crippen LogP contribution < -0.4 is 10.1 Å². The first-order chi connectivity index (χ1) is 14.9. The maximum atomic E-state index is 13.1. The molecule has 2 N–H and O–H groups in total. The lowest BCUT2D eigenvalue weighted by atomic mass is 10.0. The van der Waals surface area contributed by atoms with E-state index in [-0.39, 0.29) is 25.0 Å². The summed E-state index contributed by atoms with van der Waals surface area (Å²) >= 11 is 0. The average Bonchev–Trinajstić information content (AvgIpc) is 3.31. The number of amides is 2. The van der Waals surface area contributed by atoms with Crippen molar-refractivity contribution in [3.05, 3.63) is 42.0 Å². The third-order valence-corrected chi connectivity index (χ3v) is 5.20. The lowest BCUT2D eigenvalue weighted by molar-refractivity contribution is -0.256. The monoisotopic (exact) mass is 428 g/mol. The number of rotatable bonds is 6. The van der Waals surface area contributed by atoms with Crippen molar-refractivity contribution in [2.24, 2.45) is 0 Å². The van der Waals surface area contributed by atoms with Crippen molar-refractivity contribution in [2.45, 2.75) is 31.5 Å². The average molecular weight is 428 g/mol. The molecule has 2 saturated heterocycles. The topological polar surface area (TPSA) is 131 Å². The molecule has 2 aromatic carbocycles. The van der Waals surface area contributed by atoms with Crippen LogP contribution in [-0.4, -0.2) is 58.9 Å². The van der Waals surface area contributed by atoms with Gasteiger partial charge in [-0.05, 0) is 23.8 Å². The molecule has 0 aliphatic carbocycles. The molecule has 10 nitrogen and oxygen atoms in total. The summed E-state index contributed by atoms with van der Waals surface area (Å²) < 4.78 is 10.5. The van der Waals surface area contributed by atoms with E-state index in [4.69, 9.17) is 14.3 Å². The molecule has 2 atom stereocenters. The minimum Gasteiger partial charge on any atom is -0.493 e. The number of hydrogen-bond acceptors (Lipinski definition) is 7. The van der Waals surface area contributed by atoms with Crippen LogP contribution in [0.1, 0.15) is 30.1 Å². The number of carbonyl (C=O) groups is 4. The van der Waals surface area contributed by atoms with Gasteiger partial charge in [0.1, 0.15) is 18.4 Å². The van der Waals surface area contributed by atoms with Crippen molar-refractivity contribution in [3.8, 4) is 5.75 Å². The van der Waals surface area contributed by atoms with Crippen molar-refractivity contribution < 1.29 is 38.6 Å². The Labute approximate surface area is 176 Å². The van der Waals surface area contributed by atoms with Crippen molar-refractivity contribution >= 4 is 34.5 Å². The second-order valence-corrected chi connectivity index (χ2v) is 7.11. The molecule has 2 fully saturated rings. The normalized spacial score (nSPS) is 23.1. The quantitative estimate of drug-likeness (QED) is 0.657. The maximum Gasteiger partial charge on any atom is 0.372 e. The van der Waals surface area contributed by atoms with Gasteiger partial charge in [0.25, 0.3) is 11.8 Å². The summed E-state index contributed by atoms with van der Waals surface area (Å²) in [4.78, 5) is 54.5. The molecule has 31 heavy (non-hydrogen) atoms. The van der Waals surface area contributed by atoms with Gasteiger partial charge in [0.05, 0.1) is 18.6 Å². The van der Waals surface area contributed by atoms with Crippen LogP contribution in [0.2, 0.25) is 0 Å². The molecule has 2 heterocycles. The van der Waals surface area contributed by atoms with Gasteiger partial charge in [-0.2, -0.15) is 5.06 Å². The van der Waals surface area contributed by atoms with Crippen LogP contribution in [-0.2, 0) is 24.0 Å². The Bertz CT molecular complexity index is 1080. The Balaban J connectivity index is 1.60. The fourth-order valence-corrected chi connectivity index (χ4v) is 3.75. The molecule has 2 aliphatic rings. The van der Waals surface area contributed by atoms with E-state index in [9.17, 15) is 24.3 Å². The highest BCUT2D eigenvalue weighted by molar-refractivity contribution is 6.10. The number of carbonyl (C=O) groups excluding carboxylic acids is 3. The van der Waals surface area contributed by atoms with Crippen LogP contribution >= 0.6 is 0 Å². The van der Waals surface area contributed by atoms with Crippen molar-refractivity contribution in [1.29, 1.82) is 0 Å². The number of cyclic esters (lactones) is 1. The van der Waals surface area contributed by atoms with Crippen LogP contribution in [0.25, 0.3) is 10.8 Å². The lowest BCUT2D eigenvalue weighted by Gasteiger charge is -2.30. The molecule has 10 heteroatoms. The highest BCUT2D eigenvalue weighted by atomic mass is 16.7. The standard InChI is InChI=1S/C21H20N2O8/c1-2-29-15-8-7-12-5-3-4-6-13(12)17(15)18(25)22-14-11-30-23(19(14)26)21(20(27)28)10-9-16(24)31-21/h3-8,14H,2,9-11H2,1H3,(H,22,25)(H,27,28)/t14-,21?/m0/s1. The van der Waals surface area contributed by atoms with Gasteiger partial charge in [0.15, 0.2) is 0 Å². The summed E-state index contributed by atoms with van der Waals surface area (Å²) in [5.41, 5.74) is -1.98. The predicted molar refractivity (Wildman–Crippen MR) is 105 cm³/mol. The third-order valence-electron chi connectivity index (χ3n) is 5.20. The van der Waals surface area contributed by atoms with E-state index in [1.165, 1.54) is 0 Å². The molecule has 0 spiro atoms. The van der Waals surface area contributed by atoms with Crippen LogP contribution in [0.4, 0.5) is 0 Å². The van der Waals surface area contributed by atoms with E-state index in [1.54, 1.807) is 25.1 Å². The van der Waals surface area contributed by atoms with E-state index >= 15 is 0 Å². The van der Waals surface area contributed by atoms with Crippen molar-refractivity contribution in [1.82, 2.24) is 10.4 Å². The van der Waals surface area contributed by atoms with Gasteiger partial charge in [-0.1, -0.05) is 30.3 Å². The van der Waals surface area contributed by atoms with Crippen molar-refractivity contribution in [3.63, 3.8) is 0 Å². The van der Waals surface area contributed by atoms with E-state index in [0.29, 0.717) is 22.8 Å². The maximum absolute atomic E-state index is 13.1. The molecule has 2 amide bonds. The first-order valence-electron chi connectivity index (χ1n) is 9.75. The van der Waals surface area contributed by atoms with Gasteiger partial charge in [-0.15, -0.1) is 0 Å². The number of aliphatic carboxylic acids is 1. The summed E-state index contributed by atoms with van der Waals surface area (Å²) in [6, 6.07) is 9.58. The number of hydrogen-bond donors (Lipinski definition) is 2. The smallest absolute Gasteiger partial charge is 0.372 e. The molecule has 0 aromatic heterocycles. The van der Waals surface area contributed by atoms with Crippen molar-refractivity contribution in [2.75, 3.05) is 13.2 Å². The fourth-order valence-electron chi connectivity index (χ4n) is 3.75. The summed E-state index contributed by atoms with van der Waals surface area (Å²) in [5.74, 6) is -3.30. The highest BCUT2D eigenvalue weighted by Crippen LogP contribution is 2.34. The molecule has 1 unspecified atom stereocenters. The van der Waals surface area contributed by atoms with Gasteiger partial charge in [0, 0.05) is 6.42 Å². The van der Waals surface area contributed by atoms with Crippen LogP contribution in [0.3, 0.4) is 0 Å². The first kappa shape index (κ1) is 20.6. The zero-order valence-corrected chi connectivity index (χ0v) is 16.6. The van der Waals surface area contributed by atoms with Gasteiger partial charge < -0.3 is 19.9 Å². The molecule has 2 aromatic rings. The number of hydroxylamine groups is 2. The Kier molecular flexibility index (Phi) is 5.24. The van der Waals surface area contributed by atoms with Gasteiger partial charge >= 0.3 is 17.7 Å². The molecule has 162 valence electrons. The zero-order chi connectivity index (χ0) is 22.2. The van der Waals surface area contributed by atoms with Gasteiger partial charge in [-0.3, -0.25) is 19.2 Å². The number of carboxylic acids is 1. The number of ether oxygens (including phenoxy) is 2. The van der Waals surface area contributed by atoms with Gasteiger partial charge in [0.2, 0.25) is 0 Å². The highest BCUT2D eigenvalue weighted by Gasteiger charge is 2.59. The fraction of sp³-hybridized carbons (Fsp3) is 0.333. The first-order valence-corrected chi connectivity index (χ1v) is 9.75. The summed E-state index contributed by atoms with van der Waals surface area (Å²) in [7, 11) is 0. The Morgan fingerprint density at radius 2 is 2.03 bits per heavy atom. The number of nitrogens with zero attached hydrogens (tertiary/aromatic N) is 1. The second kappa shape index (κ2) is 7.88. The predicted octanol–water partition coefficient (Wildman–Crippen LogP) is 1.23. The number of benzene rings is 2. The molecule has 0 saturated carbocycles. The lowest BCUT2D eigenvalue weighted by Crippen LogP contribution is -2.56. The Hall–Kier alpha value is -3.66. The molecule has 2 aliphatic heterocycles. The number of fused-ring (bicyclic) bond motifs is 1. The van der Waals surface area contributed by atoms with E-state index in [2.05, 4.69) is 5.32 Å². The molecular weight excluding hydrogens is 408 g/mol. The molecule has 0 radical (unpaired) electrons. The number of nitrogens with one attached hydrogen (secondary N) is 1. The Morgan fingerprint density at radius 3 is 2.71 bits per heavy atom. The third kappa shape index (κ3) is 3.44. The van der Waals surface area contributed by atoms with E-state index < -0.39 is 35.5 Å². The van der Waals surface area contributed by atoms with E-state index in [1.807, 2.05) is 18.2 Å². The van der Waals surface area contributed by atoms with Crippen LogP contribution in [0, 0.1) is 0 Å². The zero-order valence-electron chi connectivity index (χ0n) is 16.6. The largest absolute Gasteiger partial charge is 0.493 e. The van der Waals surface area contributed by atoms with Gasteiger partial charge in [-0.25, -0.2) is 4.79 Å². The Morgan fingerprint density at radius 1 is 1.26 bits per heavy atom. The van der Waals surface area contributed by atoms with Crippen LogP contribution in [0.15, 0.2) is 36.4 Å². The summed E-state index contributed by atoms with van der Waals surface area (Å²) in [5, 5.41) is 14.1. The second-order valence-electron chi connectivity index (χ2n) is 7.11. The minimum atomic E-state index is -2.23. The summed E-state index contributed by atoms with van der Waals surface area (Å²) in [6.45, 7) is 1.83. The van der Waals surface area contributed by atoms with Crippen LogP contribution in [0.5, 0.6) is 5.75 Å². The minimum absolute atomic E-state index is 0.163.